The molecule has 0 radical (unpaired) electrons. The van der Waals surface area contributed by atoms with Crippen molar-refractivity contribution in [2.45, 2.75) is 19.3 Å². The highest BCUT2D eigenvalue weighted by Crippen LogP contribution is 2.53. The van der Waals surface area contributed by atoms with Crippen LogP contribution in [0.15, 0.2) is 144 Å². The average Bonchev–Trinajstić information content (AvgIpc) is 3.61. The van der Waals surface area contributed by atoms with Gasteiger partial charge in [0.1, 0.15) is 11.2 Å². The van der Waals surface area contributed by atoms with Gasteiger partial charge in [-0.2, -0.15) is 0 Å². The lowest BCUT2D eigenvalue weighted by Gasteiger charge is -2.21. The van der Waals surface area contributed by atoms with Crippen molar-refractivity contribution >= 4 is 21.9 Å². The van der Waals surface area contributed by atoms with Gasteiger partial charge in [0, 0.05) is 38.4 Å². The highest BCUT2D eigenvalue weighted by atomic mass is 16.3. The van der Waals surface area contributed by atoms with Crippen molar-refractivity contribution in [1.82, 2.24) is 15.0 Å². The Balaban J connectivity index is 1.16. The topological polar surface area (TPSA) is 51.8 Å². The molecule has 0 fully saturated rings. The van der Waals surface area contributed by atoms with Gasteiger partial charge in [0.25, 0.3) is 0 Å². The van der Waals surface area contributed by atoms with E-state index in [0.29, 0.717) is 17.5 Å². The summed E-state index contributed by atoms with van der Waals surface area (Å²) in [7, 11) is 0. The Labute approximate surface area is 267 Å². The van der Waals surface area contributed by atoms with Gasteiger partial charge in [0.15, 0.2) is 17.5 Å². The molecule has 0 bridgehead atoms. The van der Waals surface area contributed by atoms with Crippen LogP contribution in [0.5, 0.6) is 0 Å². The van der Waals surface area contributed by atoms with E-state index >= 15 is 0 Å². The van der Waals surface area contributed by atoms with E-state index in [1.165, 1.54) is 27.6 Å². The first-order chi connectivity index (χ1) is 22.6. The Hall–Kier alpha value is -5.87. The third-order valence-electron chi connectivity index (χ3n) is 9.36. The minimum Gasteiger partial charge on any atom is -0.455 e. The van der Waals surface area contributed by atoms with Crippen LogP contribution in [-0.2, 0) is 5.41 Å². The minimum absolute atomic E-state index is 0.0626. The Morgan fingerprint density at radius 3 is 1.65 bits per heavy atom. The van der Waals surface area contributed by atoms with Gasteiger partial charge in [-0.15, -0.1) is 0 Å². The minimum atomic E-state index is -0.0626. The summed E-state index contributed by atoms with van der Waals surface area (Å²) in [6.07, 6.45) is 0. The molecular formula is C42H29N3O. The van der Waals surface area contributed by atoms with Crippen molar-refractivity contribution in [2.75, 3.05) is 0 Å². The predicted molar refractivity (Wildman–Crippen MR) is 186 cm³/mol. The van der Waals surface area contributed by atoms with Gasteiger partial charge in [-0.3, -0.25) is 0 Å². The van der Waals surface area contributed by atoms with E-state index in [-0.39, 0.29) is 5.41 Å². The van der Waals surface area contributed by atoms with Crippen LogP contribution in [0.2, 0.25) is 0 Å². The number of para-hydroxylation sites is 1. The summed E-state index contributed by atoms with van der Waals surface area (Å²) in [4.78, 5) is 14.6. The molecule has 2 heterocycles. The van der Waals surface area contributed by atoms with Crippen molar-refractivity contribution in [3.8, 4) is 56.4 Å². The van der Waals surface area contributed by atoms with Crippen LogP contribution < -0.4 is 0 Å². The van der Waals surface area contributed by atoms with E-state index in [1.807, 2.05) is 60.7 Å². The van der Waals surface area contributed by atoms with E-state index < -0.39 is 0 Å². The van der Waals surface area contributed by atoms with Crippen LogP contribution in [0.4, 0.5) is 0 Å². The molecule has 6 aromatic carbocycles. The van der Waals surface area contributed by atoms with Gasteiger partial charge in [-0.25, -0.2) is 15.0 Å². The lowest BCUT2D eigenvalue weighted by molar-refractivity contribution is 0.657. The molecule has 9 rings (SSSR count). The normalized spacial score (nSPS) is 13.2. The summed E-state index contributed by atoms with van der Waals surface area (Å²) in [6.45, 7) is 4.63. The maximum Gasteiger partial charge on any atom is 0.164 e. The summed E-state index contributed by atoms with van der Waals surface area (Å²) in [5, 5.41) is 2.33. The Morgan fingerprint density at radius 2 is 1.00 bits per heavy atom. The fourth-order valence-corrected chi connectivity index (χ4v) is 7.05. The number of hydrogen-bond acceptors (Lipinski definition) is 4. The molecule has 0 unspecified atom stereocenters. The van der Waals surface area contributed by atoms with Crippen molar-refractivity contribution in [3.05, 3.63) is 151 Å². The quantitative estimate of drug-likeness (QED) is 0.204. The standard InChI is InChI=1S/C42H29N3O/c1-42(2)33-19-10-9-16-31(33)36-34(42)24-25-35-37(36)32-18-11-17-30(38(32)46-35)26-20-22-29(23-21-26)41-44-39(27-12-5-3-6-13-27)43-40(45-41)28-14-7-4-8-15-28/h3-25H,1-2H3. The molecule has 0 saturated heterocycles. The third kappa shape index (κ3) is 4.04. The van der Waals surface area contributed by atoms with Crippen molar-refractivity contribution in [1.29, 1.82) is 0 Å². The first-order valence-electron chi connectivity index (χ1n) is 15.6. The van der Waals surface area contributed by atoms with E-state index in [1.54, 1.807) is 0 Å². The largest absolute Gasteiger partial charge is 0.455 e. The average molecular weight is 592 g/mol. The van der Waals surface area contributed by atoms with Crippen LogP contribution in [-0.4, -0.2) is 15.0 Å². The van der Waals surface area contributed by atoms with E-state index in [2.05, 4.69) is 92.7 Å². The zero-order valence-corrected chi connectivity index (χ0v) is 25.5. The van der Waals surface area contributed by atoms with Gasteiger partial charge in [-0.1, -0.05) is 147 Å². The molecule has 4 nitrogen and oxygen atoms in total. The Kier molecular flexibility index (Phi) is 5.81. The van der Waals surface area contributed by atoms with E-state index in [4.69, 9.17) is 19.4 Å². The van der Waals surface area contributed by atoms with Crippen LogP contribution in [0, 0.1) is 0 Å². The van der Waals surface area contributed by atoms with Gasteiger partial charge in [0.2, 0.25) is 0 Å². The molecule has 1 aliphatic rings. The summed E-state index contributed by atoms with van der Waals surface area (Å²) in [5.74, 6) is 1.94. The van der Waals surface area contributed by atoms with Crippen LogP contribution in [0.25, 0.3) is 78.4 Å². The molecule has 0 atom stereocenters. The first-order valence-corrected chi connectivity index (χ1v) is 15.6. The fourth-order valence-electron chi connectivity index (χ4n) is 7.05. The molecule has 8 aromatic rings. The smallest absolute Gasteiger partial charge is 0.164 e. The van der Waals surface area contributed by atoms with Crippen LogP contribution in [0.1, 0.15) is 25.0 Å². The second-order valence-electron chi connectivity index (χ2n) is 12.4. The number of hydrogen-bond donors (Lipinski definition) is 0. The fraction of sp³-hybridized carbons (Fsp3) is 0.0714. The molecule has 46 heavy (non-hydrogen) atoms. The van der Waals surface area contributed by atoms with Gasteiger partial charge in [-0.05, 0) is 33.9 Å². The van der Waals surface area contributed by atoms with E-state index in [9.17, 15) is 0 Å². The molecule has 0 spiro atoms. The van der Waals surface area contributed by atoms with E-state index in [0.717, 1.165) is 44.4 Å². The van der Waals surface area contributed by atoms with Crippen molar-refractivity contribution in [3.63, 3.8) is 0 Å². The summed E-state index contributed by atoms with van der Waals surface area (Å²) in [6, 6.07) is 48.2. The number of nitrogens with zero attached hydrogens (tertiary/aromatic N) is 3. The molecule has 218 valence electrons. The molecular weight excluding hydrogens is 562 g/mol. The third-order valence-corrected chi connectivity index (χ3v) is 9.36. The number of benzene rings is 6. The molecule has 2 aromatic heterocycles. The summed E-state index contributed by atoms with van der Waals surface area (Å²) in [5.41, 5.74) is 12.0. The second kappa shape index (κ2) is 10.1. The monoisotopic (exact) mass is 591 g/mol. The number of fused-ring (bicyclic) bond motifs is 7. The van der Waals surface area contributed by atoms with Crippen molar-refractivity contribution < 1.29 is 4.42 Å². The van der Waals surface area contributed by atoms with Gasteiger partial charge < -0.3 is 4.42 Å². The van der Waals surface area contributed by atoms with Crippen molar-refractivity contribution in [2.24, 2.45) is 0 Å². The molecule has 0 N–H and O–H groups in total. The Bertz CT molecular complexity index is 2370. The Morgan fingerprint density at radius 1 is 0.457 bits per heavy atom. The number of rotatable bonds is 4. The van der Waals surface area contributed by atoms with Crippen LogP contribution in [0.3, 0.4) is 0 Å². The maximum atomic E-state index is 6.66. The van der Waals surface area contributed by atoms with Gasteiger partial charge >= 0.3 is 0 Å². The highest BCUT2D eigenvalue weighted by molar-refractivity contribution is 6.17. The number of aromatic nitrogens is 3. The second-order valence-corrected chi connectivity index (χ2v) is 12.4. The first kappa shape index (κ1) is 26.5. The summed E-state index contributed by atoms with van der Waals surface area (Å²) >= 11 is 0. The zero-order valence-electron chi connectivity index (χ0n) is 25.5. The molecule has 4 heteroatoms. The lowest BCUT2D eigenvalue weighted by atomic mass is 9.82. The summed E-state index contributed by atoms with van der Waals surface area (Å²) < 4.78 is 6.66. The number of furan rings is 1. The lowest BCUT2D eigenvalue weighted by Crippen LogP contribution is -2.14. The molecule has 0 aliphatic heterocycles. The maximum absolute atomic E-state index is 6.66. The zero-order chi connectivity index (χ0) is 30.8. The molecule has 0 saturated carbocycles. The van der Waals surface area contributed by atoms with Crippen LogP contribution >= 0.6 is 0 Å². The van der Waals surface area contributed by atoms with Gasteiger partial charge in [0.05, 0.1) is 0 Å². The molecule has 1 aliphatic carbocycles. The highest BCUT2D eigenvalue weighted by Gasteiger charge is 2.37. The molecule has 0 amide bonds. The predicted octanol–water partition coefficient (Wildman–Crippen LogP) is 10.7. The SMILES string of the molecule is CC1(C)c2ccccc2-c2c1ccc1oc3c(-c4ccc(-c5nc(-c6ccccc6)nc(-c6ccccc6)n5)cc4)cccc3c21.